The molecule has 0 spiro atoms. The Labute approximate surface area is 173 Å². The lowest BCUT2D eigenvalue weighted by molar-refractivity contribution is -0.153. The van der Waals surface area contributed by atoms with Crippen LogP contribution in [0, 0.1) is 11.3 Å². The largest absolute Gasteiger partial charge is 0.495 e. The van der Waals surface area contributed by atoms with E-state index < -0.39 is 24.6 Å². The van der Waals surface area contributed by atoms with Gasteiger partial charge in [0.2, 0.25) is 5.91 Å². The molecule has 2 N–H and O–H groups in total. The molecule has 2 rings (SSSR count). The molecule has 2 aromatic rings. The van der Waals surface area contributed by atoms with Crippen molar-refractivity contribution in [3.8, 4) is 17.6 Å². The highest BCUT2D eigenvalue weighted by atomic mass is 16.6. The van der Waals surface area contributed by atoms with E-state index in [0.717, 1.165) is 0 Å². The minimum absolute atomic E-state index is 0.261. The Bertz CT molecular complexity index is 966. The van der Waals surface area contributed by atoms with Crippen LogP contribution in [0.3, 0.4) is 0 Å². The molecule has 0 radical (unpaired) electrons. The number of amides is 2. The zero-order valence-electron chi connectivity index (χ0n) is 16.7. The Kier molecular flexibility index (Phi) is 7.76. The number of nitrogens with zero attached hydrogens (tertiary/aromatic N) is 1. The number of nitriles is 1. The van der Waals surface area contributed by atoms with Gasteiger partial charge in [-0.3, -0.25) is 9.59 Å². The van der Waals surface area contributed by atoms with Crippen LogP contribution in [-0.2, 0) is 19.1 Å². The number of nitrogens with one attached hydrogen (secondary N) is 2. The molecule has 0 unspecified atom stereocenters. The molecule has 2 aromatic carbocycles. The first-order valence-electron chi connectivity index (χ1n) is 8.91. The Morgan fingerprint density at radius 1 is 1.10 bits per heavy atom. The smallest absolute Gasteiger partial charge is 0.347 e. The molecule has 0 saturated carbocycles. The molecule has 0 bridgehead atoms. The van der Waals surface area contributed by atoms with E-state index in [0.29, 0.717) is 28.4 Å². The van der Waals surface area contributed by atoms with Crippen molar-refractivity contribution >= 4 is 29.2 Å². The van der Waals surface area contributed by atoms with Crippen LogP contribution in [-0.4, -0.2) is 37.6 Å². The van der Waals surface area contributed by atoms with Gasteiger partial charge < -0.3 is 24.8 Å². The number of ether oxygens (including phenoxy) is 3. The lowest BCUT2D eigenvalue weighted by atomic mass is 10.2. The molecule has 2 amide bonds. The molecule has 0 aliphatic carbocycles. The number of carbonyl (C=O) groups excluding carboxylic acids is 3. The second-order valence-electron chi connectivity index (χ2n) is 6.15. The van der Waals surface area contributed by atoms with Gasteiger partial charge in [0.05, 0.1) is 24.4 Å². The van der Waals surface area contributed by atoms with Crippen molar-refractivity contribution in [1.82, 2.24) is 0 Å². The highest BCUT2D eigenvalue weighted by molar-refractivity contribution is 5.96. The van der Waals surface area contributed by atoms with E-state index in [1.54, 1.807) is 36.4 Å². The highest BCUT2D eigenvalue weighted by Gasteiger charge is 2.18. The SMILES string of the molecule is COc1ccc(NC(C)=O)cc1NC(=O)COC(=O)[C@@H](C)Oc1ccc(C#N)cc1. The van der Waals surface area contributed by atoms with E-state index in [1.165, 1.54) is 27.0 Å². The van der Waals surface area contributed by atoms with Gasteiger partial charge in [0.15, 0.2) is 12.7 Å². The minimum atomic E-state index is -0.955. The first-order valence-corrected chi connectivity index (χ1v) is 8.91. The number of anilines is 2. The van der Waals surface area contributed by atoms with Crippen LogP contribution in [0.4, 0.5) is 11.4 Å². The van der Waals surface area contributed by atoms with Gasteiger partial charge in [0, 0.05) is 12.6 Å². The van der Waals surface area contributed by atoms with Crippen molar-refractivity contribution in [3.63, 3.8) is 0 Å². The third-order valence-corrected chi connectivity index (χ3v) is 3.77. The summed E-state index contributed by atoms with van der Waals surface area (Å²) in [7, 11) is 1.44. The number of rotatable bonds is 8. The number of esters is 1. The molecule has 156 valence electrons. The number of hydrogen-bond acceptors (Lipinski definition) is 7. The number of carbonyl (C=O) groups is 3. The predicted octanol–water partition coefficient (Wildman–Crippen LogP) is 2.47. The third kappa shape index (κ3) is 6.53. The van der Waals surface area contributed by atoms with Crippen LogP contribution in [0.1, 0.15) is 19.4 Å². The quantitative estimate of drug-likeness (QED) is 0.639. The summed E-state index contributed by atoms with van der Waals surface area (Å²) >= 11 is 0. The molecule has 0 aliphatic rings. The van der Waals surface area contributed by atoms with Gasteiger partial charge in [-0.25, -0.2) is 4.79 Å². The summed E-state index contributed by atoms with van der Waals surface area (Å²) < 4.78 is 15.6. The van der Waals surface area contributed by atoms with Gasteiger partial charge in [-0.15, -0.1) is 0 Å². The molecule has 0 aromatic heterocycles. The highest BCUT2D eigenvalue weighted by Crippen LogP contribution is 2.27. The van der Waals surface area contributed by atoms with Crippen LogP contribution in [0.25, 0.3) is 0 Å². The molecule has 0 heterocycles. The number of methoxy groups -OCH3 is 1. The van der Waals surface area contributed by atoms with Gasteiger partial charge in [-0.1, -0.05) is 0 Å². The standard InChI is InChI=1S/C21H21N3O6/c1-13(30-17-7-4-15(11-22)5-8-17)21(27)29-12-20(26)24-18-10-16(23-14(2)25)6-9-19(18)28-3/h4-10,13H,12H2,1-3H3,(H,23,25)(H,24,26)/t13-/m1/s1. The Morgan fingerprint density at radius 3 is 2.40 bits per heavy atom. The predicted molar refractivity (Wildman–Crippen MR) is 108 cm³/mol. The van der Waals surface area contributed by atoms with Gasteiger partial charge in [0.25, 0.3) is 5.91 Å². The molecular formula is C21H21N3O6. The van der Waals surface area contributed by atoms with Gasteiger partial charge in [0.1, 0.15) is 11.5 Å². The summed E-state index contributed by atoms with van der Waals surface area (Å²) in [6.07, 6.45) is -0.955. The maximum Gasteiger partial charge on any atom is 0.347 e. The summed E-state index contributed by atoms with van der Waals surface area (Å²) in [6.45, 7) is 2.31. The normalized spacial score (nSPS) is 10.9. The van der Waals surface area contributed by atoms with Crippen molar-refractivity contribution in [3.05, 3.63) is 48.0 Å². The molecule has 0 aliphatic heterocycles. The van der Waals surface area contributed by atoms with E-state index in [9.17, 15) is 14.4 Å². The van der Waals surface area contributed by atoms with Crippen LogP contribution >= 0.6 is 0 Å². The Hall–Kier alpha value is -4.06. The average Bonchev–Trinajstić information content (AvgIpc) is 2.72. The van der Waals surface area contributed by atoms with E-state index in [2.05, 4.69) is 10.6 Å². The summed E-state index contributed by atoms with van der Waals surface area (Å²) in [5.74, 6) is -0.813. The Balaban J connectivity index is 1.90. The zero-order valence-corrected chi connectivity index (χ0v) is 16.7. The van der Waals surface area contributed by atoms with Gasteiger partial charge >= 0.3 is 5.97 Å². The molecule has 0 fully saturated rings. The maximum absolute atomic E-state index is 12.2. The molecule has 9 heteroatoms. The first kappa shape index (κ1) is 22.2. The van der Waals surface area contributed by atoms with Crippen molar-refractivity contribution in [2.45, 2.75) is 20.0 Å². The second-order valence-corrected chi connectivity index (χ2v) is 6.15. The van der Waals surface area contributed by atoms with Crippen LogP contribution < -0.4 is 20.1 Å². The summed E-state index contributed by atoms with van der Waals surface area (Å²) in [5, 5.41) is 14.0. The fourth-order valence-electron chi connectivity index (χ4n) is 2.39. The van der Waals surface area contributed by atoms with Crippen molar-refractivity contribution in [1.29, 1.82) is 5.26 Å². The number of hydrogen-bond donors (Lipinski definition) is 2. The summed E-state index contributed by atoms with van der Waals surface area (Å²) in [5.41, 5.74) is 1.25. The average molecular weight is 411 g/mol. The first-order chi connectivity index (χ1) is 14.3. The number of benzene rings is 2. The van der Waals surface area contributed by atoms with E-state index in [-0.39, 0.29) is 5.91 Å². The fraction of sp³-hybridized carbons (Fsp3) is 0.238. The molecule has 9 nitrogen and oxygen atoms in total. The second kappa shape index (κ2) is 10.5. The van der Waals surface area contributed by atoms with E-state index in [4.69, 9.17) is 19.5 Å². The van der Waals surface area contributed by atoms with Crippen LogP contribution in [0.2, 0.25) is 0 Å². The zero-order chi connectivity index (χ0) is 22.1. The summed E-state index contributed by atoms with van der Waals surface area (Å²) in [6, 6.07) is 12.9. The third-order valence-electron chi connectivity index (χ3n) is 3.77. The molecular weight excluding hydrogens is 390 g/mol. The molecule has 30 heavy (non-hydrogen) atoms. The van der Waals surface area contributed by atoms with Crippen LogP contribution in [0.5, 0.6) is 11.5 Å². The van der Waals surface area contributed by atoms with E-state index >= 15 is 0 Å². The Morgan fingerprint density at radius 2 is 1.80 bits per heavy atom. The lowest BCUT2D eigenvalue weighted by Gasteiger charge is -2.15. The van der Waals surface area contributed by atoms with Crippen LogP contribution in [0.15, 0.2) is 42.5 Å². The van der Waals surface area contributed by atoms with Crippen molar-refractivity contribution in [2.75, 3.05) is 24.4 Å². The molecule has 0 saturated heterocycles. The topological polar surface area (TPSA) is 127 Å². The van der Waals surface area contributed by atoms with Gasteiger partial charge in [-0.2, -0.15) is 5.26 Å². The van der Waals surface area contributed by atoms with Crippen molar-refractivity contribution in [2.24, 2.45) is 0 Å². The van der Waals surface area contributed by atoms with Gasteiger partial charge in [-0.05, 0) is 49.4 Å². The van der Waals surface area contributed by atoms with E-state index in [1.807, 2.05) is 6.07 Å². The summed E-state index contributed by atoms with van der Waals surface area (Å²) in [4.78, 5) is 35.4. The lowest BCUT2D eigenvalue weighted by Crippen LogP contribution is -2.29. The molecule has 1 atom stereocenters. The van der Waals surface area contributed by atoms with Crippen molar-refractivity contribution < 1.29 is 28.6 Å². The maximum atomic E-state index is 12.2. The fourth-order valence-corrected chi connectivity index (χ4v) is 2.39. The minimum Gasteiger partial charge on any atom is -0.495 e. The monoisotopic (exact) mass is 411 g/mol.